The molecule has 0 saturated carbocycles. The number of unbranched alkanes of at least 4 members (excludes halogenated alkanes) is 1. The number of carbonyl (C=O) groups is 1. The van der Waals surface area contributed by atoms with Crippen molar-refractivity contribution in [3.05, 3.63) is 59.7 Å². The highest BCUT2D eigenvalue weighted by molar-refractivity contribution is 7.80. The van der Waals surface area contributed by atoms with E-state index in [4.69, 9.17) is 12.2 Å². The molecule has 0 unspecified atom stereocenters. The molecule has 2 aromatic rings. The number of aryl methyl sites for hydroxylation is 2. The summed E-state index contributed by atoms with van der Waals surface area (Å²) in [5.74, 6) is 1.23. The number of para-hydroxylation sites is 1. The normalized spacial score (nSPS) is 14.2. The molecular formula is C30H41F3N6O2S. The Bertz CT molecular complexity index is 1180. The number of piperidine rings is 1. The van der Waals surface area contributed by atoms with Gasteiger partial charge in [-0.2, -0.15) is 0 Å². The van der Waals surface area contributed by atoms with Gasteiger partial charge in [0.1, 0.15) is 5.75 Å². The molecule has 0 aromatic heterocycles. The fourth-order valence-corrected chi connectivity index (χ4v) is 4.32. The van der Waals surface area contributed by atoms with Crippen LogP contribution < -0.4 is 20.7 Å². The summed E-state index contributed by atoms with van der Waals surface area (Å²) in [7, 11) is 1.80. The summed E-state index contributed by atoms with van der Waals surface area (Å²) >= 11 is 5.22. The third-order valence-electron chi connectivity index (χ3n) is 6.43. The van der Waals surface area contributed by atoms with E-state index in [0.29, 0.717) is 17.6 Å². The van der Waals surface area contributed by atoms with E-state index in [2.05, 4.69) is 42.5 Å². The molecule has 1 fully saturated rings. The first-order valence-electron chi connectivity index (χ1n) is 14.0. The molecule has 0 spiro atoms. The van der Waals surface area contributed by atoms with Crippen molar-refractivity contribution in [1.29, 1.82) is 0 Å². The molecule has 3 N–H and O–H groups in total. The second-order valence-corrected chi connectivity index (χ2v) is 10.3. The topological polar surface area (TPSA) is 90.4 Å². The summed E-state index contributed by atoms with van der Waals surface area (Å²) in [5.41, 5.74) is 2.86. The van der Waals surface area contributed by atoms with E-state index in [0.717, 1.165) is 68.0 Å². The molecule has 1 aliphatic heterocycles. The van der Waals surface area contributed by atoms with Gasteiger partial charge in [0, 0.05) is 38.6 Å². The summed E-state index contributed by atoms with van der Waals surface area (Å²) in [6, 6.07) is 13.2. The fraction of sp³-hybridized carbons (Fsp3) is 0.467. The van der Waals surface area contributed by atoms with E-state index in [1.807, 2.05) is 37.4 Å². The second-order valence-electron chi connectivity index (χ2n) is 9.85. The number of hydrogen-bond donors (Lipinski definition) is 3. The molecule has 1 aliphatic rings. The van der Waals surface area contributed by atoms with Crippen LogP contribution in [0.3, 0.4) is 0 Å². The van der Waals surface area contributed by atoms with Crippen LogP contribution in [0, 0.1) is 19.8 Å². The fourth-order valence-electron chi connectivity index (χ4n) is 4.12. The highest BCUT2D eigenvalue weighted by Gasteiger charge is 2.30. The van der Waals surface area contributed by atoms with E-state index in [9.17, 15) is 18.0 Å². The minimum Gasteiger partial charge on any atom is -0.406 e. The lowest BCUT2D eigenvalue weighted by atomic mass is 9.94. The summed E-state index contributed by atoms with van der Waals surface area (Å²) in [6.07, 6.45) is 2.54. The van der Waals surface area contributed by atoms with Gasteiger partial charge in [-0.15, -0.1) is 13.2 Å². The zero-order valence-corrected chi connectivity index (χ0v) is 25.4. The molecule has 2 aromatic carbocycles. The van der Waals surface area contributed by atoms with E-state index < -0.39 is 6.36 Å². The lowest BCUT2D eigenvalue weighted by Gasteiger charge is -2.32. The molecule has 0 atom stereocenters. The number of likely N-dealkylation sites (tertiary alicyclic amines) is 1. The maximum absolute atomic E-state index is 12.1. The molecule has 230 valence electrons. The maximum atomic E-state index is 12.1. The van der Waals surface area contributed by atoms with Gasteiger partial charge < -0.3 is 20.3 Å². The number of ether oxygens (including phenoxy) is 1. The van der Waals surface area contributed by atoms with Crippen molar-refractivity contribution in [2.45, 2.75) is 59.2 Å². The van der Waals surface area contributed by atoms with E-state index >= 15 is 0 Å². The predicted octanol–water partition coefficient (Wildman–Crippen LogP) is 6.84. The summed E-state index contributed by atoms with van der Waals surface area (Å²) in [4.78, 5) is 23.1. The minimum atomic E-state index is -4.60. The van der Waals surface area contributed by atoms with Crippen LogP contribution in [0.4, 0.5) is 23.7 Å². The van der Waals surface area contributed by atoms with E-state index in [1.54, 1.807) is 26.1 Å². The van der Waals surface area contributed by atoms with Crippen molar-refractivity contribution in [3.63, 3.8) is 0 Å². The highest BCUT2D eigenvalue weighted by Crippen LogP contribution is 2.22. The molecule has 2 amide bonds. The van der Waals surface area contributed by atoms with Crippen molar-refractivity contribution >= 4 is 41.2 Å². The Morgan fingerprint density at radius 3 is 2.38 bits per heavy atom. The average molecular weight is 607 g/mol. The van der Waals surface area contributed by atoms with E-state index in [-0.39, 0.29) is 11.8 Å². The lowest BCUT2D eigenvalue weighted by molar-refractivity contribution is -0.274. The molecule has 12 heteroatoms. The first-order chi connectivity index (χ1) is 20.0. The highest BCUT2D eigenvalue weighted by atomic mass is 32.1. The van der Waals surface area contributed by atoms with Gasteiger partial charge >= 0.3 is 12.4 Å². The van der Waals surface area contributed by atoms with Crippen LogP contribution in [-0.4, -0.2) is 61.3 Å². The number of nitrogens with one attached hydrogen (secondary N) is 3. The Morgan fingerprint density at radius 1 is 1.12 bits per heavy atom. The predicted molar refractivity (Wildman–Crippen MR) is 167 cm³/mol. The molecule has 42 heavy (non-hydrogen) atoms. The Morgan fingerprint density at radius 2 is 1.79 bits per heavy atom. The number of rotatable bonds is 7. The summed E-state index contributed by atoms with van der Waals surface area (Å²) < 4.78 is 38.5. The van der Waals surface area contributed by atoms with Crippen LogP contribution in [0.2, 0.25) is 0 Å². The van der Waals surface area contributed by atoms with Gasteiger partial charge in [-0.3, -0.25) is 10.3 Å². The molecule has 3 rings (SSSR count). The van der Waals surface area contributed by atoms with Gasteiger partial charge in [0.15, 0.2) is 5.11 Å². The summed E-state index contributed by atoms with van der Waals surface area (Å²) in [6.45, 7) is 8.46. The maximum Gasteiger partial charge on any atom is 0.573 e. The Balaban J connectivity index is 0.000000428. The smallest absolute Gasteiger partial charge is 0.406 e. The number of halogens is 3. The SMILES string of the molecule is CCC/C=N\C(=NC)N1CCC(CCNC(=O)NC(=S)Nc2ccccc2C)CC1.Cc1ccc(OC(F)(F)F)cc1. The van der Waals surface area contributed by atoms with Crippen molar-refractivity contribution < 1.29 is 22.7 Å². The number of thiocarbonyl (C=S) groups is 1. The number of urea groups is 1. The van der Waals surface area contributed by atoms with Crippen molar-refractivity contribution in [2.75, 3.05) is 32.0 Å². The average Bonchev–Trinajstić information content (AvgIpc) is 2.94. The van der Waals surface area contributed by atoms with Gasteiger partial charge in [0.05, 0.1) is 0 Å². The number of carbonyl (C=O) groups excluding carboxylic acids is 1. The Kier molecular flexibility index (Phi) is 14.8. The Labute approximate surface area is 251 Å². The molecule has 1 saturated heterocycles. The number of benzene rings is 2. The van der Waals surface area contributed by atoms with Crippen LogP contribution in [-0.2, 0) is 0 Å². The monoisotopic (exact) mass is 606 g/mol. The summed E-state index contributed by atoms with van der Waals surface area (Å²) in [5, 5.41) is 8.93. The zero-order valence-electron chi connectivity index (χ0n) is 24.6. The number of guanidine groups is 1. The Hall–Kier alpha value is -3.67. The third kappa shape index (κ3) is 13.8. The molecule has 8 nitrogen and oxygen atoms in total. The standard InChI is InChI=1S/C22H34N6OS.C8H7F3O/c1-4-5-13-24-20(23-3)28-15-11-18(12-16-28)10-14-25-21(29)27-22(30)26-19-9-7-6-8-17(19)2;1-6-2-4-7(5-3-6)12-8(9,10)11/h6-9,13,18H,4-5,10-12,14-16H2,1-3H3,(H3,25,26,27,29,30);2-5H,1H3/b23-20?,24-13-;. The van der Waals surface area contributed by atoms with Crippen LogP contribution in [0.15, 0.2) is 58.5 Å². The van der Waals surface area contributed by atoms with Crippen LogP contribution >= 0.6 is 12.2 Å². The quantitative estimate of drug-likeness (QED) is 0.182. The van der Waals surface area contributed by atoms with Crippen molar-refractivity contribution in [2.24, 2.45) is 15.9 Å². The number of alkyl halides is 3. The first-order valence-corrected chi connectivity index (χ1v) is 14.4. The number of anilines is 1. The van der Waals surface area contributed by atoms with Crippen molar-refractivity contribution in [3.8, 4) is 5.75 Å². The number of aliphatic imine (C=N–C) groups is 2. The van der Waals surface area contributed by atoms with Gasteiger partial charge in [-0.25, -0.2) is 9.79 Å². The largest absolute Gasteiger partial charge is 0.573 e. The molecular weight excluding hydrogens is 565 g/mol. The van der Waals surface area contributed by atoms with Gasteiger partial charge in [0.2, 0.25) is 5.96 Å². The van der Waals surface area contributed by atoms with Crippen LogP contribution in [0.25, 0.3) is 0 Å². The van der Waals surface area contributed by atoms with Crippen LogP contribution in [0.1, 0.15) is 50.2 Å². The number of hydrogen-bond acceptors (Lipinski definition) is 4. The van der Waals surface area contributed by atoms with E-state index in [1.165, 1.54) is 12.1 Å². The van der Waals surface area contributed by atoms with Gasteiger partial charge in [-0.05, 0) is 81.4 Å². The second kappa shape index (κ2) is 18.0. The molecule has 0 radical (unpaired) electrons. The van der Waals surface area contributed by atoms with Gasteiger partial charge in [-0.1, -0.05) is 49.2 Å². The number of amides is 2. The number of nitrogens with zero attached hydrogens (tertiary/aromatic N) is 3. The lowest BCUT2D eigenvalue weighted by Crippen LogP contribution is -2.43. The molecule has 0 aliphatic carbocycles. The third-order valence-corrected chi connectivity index (χ3v) is 6.64. The van der Waals surface area contributed by atoms with Gasteiger partial charge in [0.25, 0.3) is 0 Å². The first kappa shape index (κ1) is 34.5. The van der Waals surface area contributed by atoms with Crippen LogP contribution in [0.5, 0.6) is 5.75 Å². The zero-order chi connectivity index (χ0) is 31.0. The minimum absolute atomic E-state index is 0.187. The molecule has 1 heterocycles. The van der Waals surface area contributed by atoms with Crippen molar-refractivity contribution in [1.82, 2.24) is 15.5 Å². The molecule has 0 bridgehead atoms.